The molecule has 0 spiro atoms. The number of hydrogen-bond acceptors (Lipinski definition) is 2. The molecule has 0 radical (unpaired) electrons. The second-order valence-electron chi connectivity index (χ2n) is 6.55. The van der Waals surface area contributed by atoms with Crippen molar-refractivity contribution in [3.8, 4) is 0 Å². The van der Waals surface area contributed by atoms with Crippen LogP contribution in [0.15, 0.2) is 78.9 Å². The molecule has 0 heterocycles. The maximum absolute atomic E-state index is 13.3. The van der Waals surface area contributed by atoms with Crippen LogP contribution >= 0.6 is 0 Å². The molecule has 3 aromatic carbocycles. The van der Waals surface area contributed by atoms with E-state index in [0.717, 1.165) is 5.56 Å². The van der Waals surface area contributed by atoms with Gasteiger partial charge in [0, 0.05) is 30.0 Å². The van der Waals surface area contributed by atoms with E-state index in [-0.39, 0.29) is 30.8 Å². The molecule has 148 valence electrons. The van der Waals surface area contributed by atoms with Gasteiger partial charge < -0.3 is 10.6 Å². The van der Waals surface area contributed by atoms with E-state index < -0.39 is 0 Å². The average Bonchev–Trinajstić information content (AvgIpc) is 2.74. The van der Waals surface area contributed by atoms with Gasteiger partial charge in [0.1, 0.15) is 5.82 Å². The van der Waals surface area contributed by atoms with Crippen molar-refractivity contribution in [2.24, 2.45) is 0 Å². The van der Waals surface area contributed by atoms with Crippen molar-refractivity contribution in [2.45, 2.75) is 6.92 Å². The molecule has 0 aliphatic carbocycles. The van der Waals surface area contributed by atoms with Crippen LogP contribution in [0, 0.1) is 12.7 Å². The number of carbonyl (C=O) groups excluding carboxylic acids is 2. The Hall–Kier alpha value is -3.67. The number of hydrogen-bond donors (Lipinski definition) is 2. The number of urea groups is 1. The molecule has 5 nitrogen and oxygen atoms in total. The summed E-state index contributed by atoms with van der Waals surface area (Å²) in [6.45, 7) is 2.43. The van der Waals surface area contributed by atoms with Crippen molar-refractivity contribution in [2.75, 3.05) is 23.3 Å². The molecule has 0 aliphatic heterocycles. The molecule has 3 amide bonds. The summed E-state index contributed by atoms with van der Waals surface area (Å²) in [6, 6.07) is 21.6. The van der Waals surface area contributed by atoms with Gasteiger partial charge >= 0.3 is 6.03 Å². The fourth-order valence-corrected chi connectivity index (χ4v) is 2.77. The smallest absolute Gasteiger partial charge is 0.326 e. The molecule has 3 rings (SSSR count). The summed E-state index contributed by atoms with van der Waals surface area (Å²) in [5.41, 5.74) is 2.82. The van der Waals surface area contributed by atoms with Crippen LogP contribution in [-0.2, 0) is 0 Å². The largest absolute Gasteiger partial charge is 0.350 e. The Balaban J connectivity index is 1.69. The van der Waals surface area contributed by atoms with Gasteiger partial charge in [0.05, 0.1) is 0 Å². The summed E-state index contributed by atoms with van der Waals surface area (Å²) >= 11 is 0. The number of halogens is 1. The maximum atomic E-state index is 13.3. The van der Waals surface area contributed by atoms with Gasteiger partial charge in [-0.05, 0) is 55.5 Å². The number of anilines is 2. The number of benzene rings is 3. The Morgan fingerprint density at radius 3 is 2.21 bits per heavy atom. The van der Waals surface area contributed by atoms with Gasteiger partial charge in [0.15, 0.2) is 0 Å². The fourth-order valence-electron chi connectivity index (χ4n) is 2.77. The minimum Gasteiger partial charge on any atom is -0.350 e. The molecule has 29 heavy (non-hydrogen) atoms. The number of amides is 3. The third-order valence-corrected chi connectivity index (χ3v) is 4.34. The molecule has 6 heteroatoms. The minimum absolute atomic E-state index is 0.219. The topological polar surface area (TPSA) is 61.4 Å². The highest BCUT2D eigenvalue weighted by Crippen LogP contribution is 2.17. The van der Waals surface area contributed by atoms with Crippen LogP contribution in [0.25, 0.3) is 0 Å². The highest BCUT2D eigenvalue weighted by molar-refractivity contribution is 6.02. The van der Waals surface area contributed by atoms with Crippen molar-refractivity contribution in [1.82, 2.24) is 5.32 Å². The van der Waals surface area contributed by atoms with E-state index in [1.54, 1.807) is 24.3 Å². The van der Waals surface area contributed by atoms with Gasteiger partial charge in [-0.1, -0.05) is 35.9 Å². The Morgan fingerprint density at radius 2 is 1.55 bits per heavy atom. The molecule has 0 saturated heterocycles. The second-order valence-corrected chi connectivity index (χ2v) is 6.55. The first-order valence-corrected chi connectivity index (χ1v) is 9.27. The first-order valence-electron chi connectivity index (χ1n) is 9.27. The Bertz CT molecular complexity index is 958. The summed E-state index contributed by atoms with van der Waals surface area (Å²) in [5, 5.41) is 5.63. The maximum Gasteiger partial charge on any atom is 0.326 e. The molecule has 0 saturated carbocycles. The highest BCUT2D eigenvalue weighted by Gasteiger charge is 2.16. The molecule has 0 aromatic heterocycles. The van der Waals surface area contributed by atoms with Crippen molar-refractivity contribution >= 4 is 23.3 Å². The third-order valence-electron chi connectivity index (χ3n) is 4.34. The number of nitrogens with one attached hydrogen (secondary N) is 2. The molecule has 0 aliphatic rings. The van der Waals surface area contributed by atoms with Gasteiger partial charge in [0.2, 0.25) is 0 Å². The van der Waals surface area contributed by atoms with Crippen LogP contribution in [0.4, 0.5) is 20.6 Å². The van der Waals surface area contributed by atoms with E-state index in [1.165, 1.54) is 29.2 Å². The van der Waals surface area contributed by atoms with Crippen molar-refractivity contribution < 1.29 is 14.0 Å². The van der Waals surface area contributed by atoms with Crippen LogP contribution in [0.1, 0.15) is 15.9 Å². The van der Waals surface area contributed by atoms with Gasteiger partial charge in [-0.2, -0.15) is 0 Å². The monoisotopic (exact) mass is 391 g/mol. The van der Waals surface area contributed by atoms with E-state index >= 15 is 0 Å². The molecule has 0 unspecified atom stereocenters. The molecule has 3 aromatic rings. The van der Waals surface area contributed by atoms with Crippen molar-refractivity contribution in [3.63, 3.8) is 0 Å². The van der Waals surface area contributed by atoms with E-state index in [2.05, 4.69) is 10.6 Å². The first-order chi connectivity index (χ1) is 14.0. The number of aryl methyl sites for hydroxylation is 1. The lowest BCUT2D eigenvalue weighted by Crippen LogP contribution is -2.41. The van der Waals surface area contributed by atoms with Crippen LogP contribution in [-0.4, -0.2) is 25.0 Å². The summed E-state index contributed by atoms with van der Waals surface area (Å²) in [4.78, 5) is 26.5. The molecular weight excluding hydrogens is 369 g/mol. The summed E-state index contributed by atoms with van der Waals surface area (Å²) in [6.07, 6.45) is 0. The third kappa shape index (κ3) is 5.65. The molecule has 0 atom stereocenters. The highest BCUT2D eigenvalue weighted by atomic mass is 19.1. The predicted molar refractivity (Wildman–Crippen MR) is 113 cm³/mol. The number of rotatable bonds is 6. The molecule has 0 bridgehead atoms. The van der Waals surface area contributed by atoms with E-state index in [9.17, 15) is 14.0 Å². The van der Waals surface area contributed by atoms with E-state index in [4.69, 9.17) is 0 Å². The first kappa shape index (κ1) is 20.1. The molecule has 2 N–H and O–H groups in total. The minimum atomic E-state index is -0.384. The zero-order valence-electron chi connectivity index (χ0n) is 16.1. The van der Waals surface area contributed by atoms with E-state index in [1.807, 2.05) is 37.3 Å². The Morgan fingerprint density at radius 1 is 0.897 bits per heavy atom. The Labute approximate surface area is 169 Å². The lowest BCUT2D eigenvalue weighted by atomic mass is 10.2. The van der Waals surface area contributed by atoms with Crippen LogP contribution in [0.5, 0.6) is 0 Å². The second kappa shape index (κ2) is 9.50. The number of nitrogens with zero attached hydrogens (tertiary/aromatic N) is 1. The lowest BCUT2D eigenvalue weighted by molar-refractivity contribution is 0.0954. The van der Waals surface area contributed by atoms with Crippen molar-refractivity contribution in [3.05, 3.63) is 95.8 Å². The normalized spacial score (nSPS) is 10.3. The van der Waals surface area contributed by atoms with Crippen molar-refractivity contribution in [1.29, 1.82) is 0 Å². The van der Waals surface area contributed by atoms with Crippen LogP contribution in [0.3, 0.4) is 0 Å². The van der Waals surface area contributed by atoms with Gasteiger partial charge in [-0.3, -0.25) is 9.69 Å². The average molecular weight is 391 g/mol. The zero-order valence-corrected chi connectivity index (χ0v) is 16.1. The fraction of sp³-hybridized carbons (Fsp3) is 0.130. The van der Waals surface area contributed by atoms with E-state index in [0.29, 0.717) is 16.9 Å². The summed E-state index contributed by atoms with van der Waals surface area (Å²) < 4.78 is 13.3. The van der Waals surface area contributed by atoms with Crippen LogP contribution in [0.2, 0.25) is 0 Å². The standard InChI is InChI=1S/C23H22FN3O2/c1-17-7-11-20(12-8-17)26-23(29)27(21-13-9-19(24)10-14-21)16-15-25-22(28)18-5-3-2-4-6-18/h2-14H,15-16H2,1H3,(H,25,28)(H,26,29). The molecular formula is C23H22FN3O2. The van der Waals surface area contributed by atoms with Gasteiger partial charge in [-0.25, -0.2) is 9.18 Å². The SMILES string of the molecule is Cc1ccc(NC(=O)N(CCNC(=O)c2ccccc2)c2ccc(F)cc2)cc1. The Kier molecular flexibility index (Phi) is 6.58. The summed E-state index contributed by atoms with van der Waals surface area (Å²) in [7, 11) is 0. The van der Waals surface area contributed by atoms with Crippen LogP contribution < -0.4 is 15.5 Å². The van der Waals surface area contributed by atoms with Gasteiger partial charge in [-0.15, -0.1) is 0 Å². The number of carbonyl (C=O) groups is 2. The van der Waals surface area contributed by atoms with Gasteiger partial charge in [0.25, 0.3) is 5.91 Å². The quantitative estimate of drug-likeness (QED) is 0.645. The predicted octanol–water partition coefficient (Wildman–Crippen LogP) is 4.60. The summed E-state index contributed by atoms with van der Waals surface area (Å²) in [5.74, 6) is -0.603. The molecule has 0 fully saturated rings. The zero-order chi connectivity index (χ0) is 20.6. The lowest BCUT2D eigenvalue weighted by Gasteiger charge is -2.23.